The first-order valence-electron chi connectivity index (χ1n) is 18.3. The SMILES string of the molecule is c1ccc(-c2ccc(-c3ccc4c(c3)c3cc(-c5ccc(-c6ccccc6)cc5)ccc3n4-c3ccc(-c4cccc5ccccc45)cc3)cc2)cc1. The van der Waals surface area contributed by atoms with Crippen molar-refractivity contribution in [1.29, 1.82) is 0 Å². The third-order valence-corrected chi connectivity index (χ3v) is 10.6. The highest BCUT2D eigenvalue weighted by atomic mass is 15.0. The molecule has 0 aliphatic rings. The van der Waals surface area contributed by atoms with Crippen LogP contribution in [0, 0.1) is 0 Å². The molecule has 0 aliphatic heterocycles. The van der Waals surface area contributed by atoms with Crippen LogP contribution in [0.4, 0.5) is 0 Å². The van der Waals surface area contributed by atoms with E-state index in [1.54, 1.807) is 0 Å². The average Bonchev–Trinajstić information content (AvgIpc) is 3.57. The maximum Gasteiger partial charge on any atom is 0.0541 e. The van der Waals surface area contributed by atoms with Gasteiger partial charge in [-0.15, -0.1) is 0 Å². The van der Waals surface area contributed by atoms with Crippen LogP contribution >= 0.6 is 0 Å². The molecular weight excluding hydrogens is 639 g/mol. The summed E-state index contributed by atoms with van der Waals surface area (Å²) >= 11 is 0. The Balaban J connectivity index is 1.10. The third kappa shape index (κ3) is 5.60. The lowest BCUT2D eigenvalue weighted by molar-refractivity contribution is 1.18. The summed E-state index contributed by atoms with van der Waals surface area (Å²) in [6, 6.07) is 77.2. The summed E-state index contributed by atoms with van der Waals surface area (Å²) in [4.78, 5) is 0. The summed E-state index contributed by atoms with van der Waals surface area (Å²) in [5.41, 5.74) is 15.7. The number of hydrogen-bond acceptors (Lipinski definition) is 0. The smallest absolute Gasteiger partial charge is 0.0541 e. The van der Waals surface area contributed by atoms with Crippen LogP contribution in [0.25, 0.3) is 93.9 Å². The normalized spacial score (nSPS) is 11.4. The Hall–Kier alpha value is -6.96. The minimum Gasteiger partial charge on any atom is -0.309 e. The van der Waals surface area contributed by atoms with Crippen LogP contribution in [-0.2, 0) is 0 Å². The molecule has 0 N–H and O–H groups in total. The van der Waals surface area contributed by atoms with E-state index in [1.165, 1.54) is 88.2 Å². The first kappa shape index (κ1) is 30.8. The Kier molecular flexibility index (Phi) is 7.55. The lowest BCUT2D eigenvalue weighted by Gasteiger charge is -2.11. The van der Waals surface area contributed by atoms with Gasteiger partial charge in [0.05, 0.1) is 11.0 Å². The Labute approximate surface area is 309 Å². The van der Waals surface area contributed by atoms with Gasteiger partial charge in [0.15, 0.2) is 0 Å². The fourth-order valence-corrected chi connectivity index (χ4v) is 7.90. The molecule has 0 radical (unpaired) electrons. The molecule has 0 spiro atoms. The molecule has 1 heterocycles. The van der Waals surface area contributed by atoms with E-state index >= 15 is 0 Å². The van der Waals surface area contributed by atoms with Crippen LogP contribution in [0.1, 0.15) is 0 Å². The van der Waals surface area contributed by atoms with E-state index in [0.29, 0.717) is 0 Å². The van der Waals surface area contributed by atoms with E-state index in [1.807, 2.05) is 0 Å². The minimum absolute atomic E-state index is 1.15. The molecule has 0 bridgehead atoms. The molecule has 0 amide bonds. The molecular formula is C52H35N. The molecule has 1 heteroatoms. The maximum absolute atomic E-state index is 2.42. The molecule has 1 nitrogen and oxygen atoms in total. The molecule has 0 saturated heterocycles. The highest BCUT2D eigenvalue weighted by molar-refractivity contribution is 6.11. The molecule has 0 aliphatic carbocycles. The van der Waals surface area contributed by atoms with Crippen LogP contribution in [0.15, 0.2) is 212 Å². The lowest BCUT2D eigenvalue weighted by Crippen LogP contribution is -1.94. The van der Waals surface area contributed by atoms with Crippen molar-refractivity contribution in [3.8, 4) is 61.3 Å². The van der Waals surface area contributed by atoms with Gasteiger partial charge in [-0.1, -0.05) is 176 Å². The van der Waals surface area contributed by atoms with Crippen molar-refractivity contribution in [1.82, 2.24) is 4.57 Å². The summed E-state index contributed by atoms with van der Waals surface area (Å²) < 4.78 is 2.42. The highest BCUT2D eigenvalue weighted by Crippen LogP contribution is 2.39. The monoisotopic (exact) mass is 673 g/mol. The van der Waals surface area contributed by atoms with E-state index < -0.39 is 0 Å². The summed E-state index contributed by atoms with van der Waals surface area (Å²) in [5, 5.41) is 5.01. The molecule has 1 aromatic heterocycles. The third-order valence-electron chi connectivity index (χ3n) is 10.6. The molecule has 53 heavy (non-hydrogen) atoms. The first-order chi connectivity index (χ1) is 26.3. The van der Waals surface area contributed by atoms with Gasteiger partial charge in [-0.05, 0) is 103 Å². The molecule has 248 valence electrons. The van der Waals surface area contributed by atoms with Crippen molar-refractivity contribution in [3.05, 3.63) is 212 Å². The van der Waals surface area contributed by atoms with Gasteiger partial charge < -0.3 is 4.57 Å². The van der Waals surface area contributed by atoms with Gasteiger partial charge in [0.1, 0.15) is 0 Å². The van der Waals surface area contributed by atoms with Crippen molar-refractivity contribution in [2.24, 2.45) is 0 Å². The average molecular weight is 674 g/mol. The summed E-state index contributed by atoms with van der Waals surface area (Å²) in [7, 11) is 0. The lowest BCUT2D eigenvalue weighted by atomic mass is 9.97. The molecule has 10 rings (SSSR count). The number of nitrogens with zero attached hydrogens (tertiary/aromatic N) is 1. The van der Waals surface area contributed by atoms with Crippen LogP contribution in [0.3, 0.4) is 0 Å². The van der Waals surface area contributed by atoms with Crippen molar-refractivity contribution >= 4 is 32.6 Å². The number of rotatable bonds is 6. The van der Waals surface area contributed by atoms with E-state index in [4.69, 9.17) is 0 Å². The van der Waals surface area contributed by atoms with Gasteiger partial charge in [0, 0.05) is 16.5 Å². The fourth-order valence-electron chi connectivity index (χ4n) is 7.90. The first-order valence-corrected chi connectivity index (χ1v) is 18.3. The quantitative estimate of drug-likeness (QED) is 0.166. The molecule has 0 unspecified atom stereocenters. The van der Waals surface area contributed by atoms with Crippen LogP contribution in [-0.4, -0.2) is 4.57 Å². The Bertz CT molecular complexity index is 2740. The van der Waals surface area contributed by atoms with Crippen LogP contribution in [0.2, 0.25) is 0 Å². The summed E-state index contributed by atoms with van der Waals surface area (Å²) in [5.74, 6) is 0. The second kappa shape index (κ2) is 13.0. The van der Waals surface area contributed by atoms with Crippen molar-refractivity contribution < 1.29 is 0 Å². The second-order valence-electron chi connectivity index (χ2n) is 13.8. The Morgan fingerprint density at radius 2 is 0.642 bits per heavy atom. The standard InChI is InChI=1S/C52H35N/c1-3-10-36(11-4-1)38-18-22-40(23-19-38)44-28-32-51-49(34-44)50-35-45(41-24-20-39(21-25-41)37-12-5-2-6-13-37)29-33-52(50)53(51)46-30-26-43(27-31-46)48-17-9-15-42-14-7-8-16-47(42)48/h1-35H. The Morgan fingerprint density at radius 1 is 0.245 bits per heavy atom. The number of benzene rings is 9. The van der Waals surface area contributed by atoms with Crippen LogP contribution < -0.4 is 0 Å². The van der Waals surface area contributed by atoms with E-state index in [2.05, 4.69) is 217 Å². The molecule has 10 aromatic rings. The number of aromatic nitrogens is 1. The number of fused-ring (bicyclic) bond motifs is 4. The second-order valence-corrected chi connectivity index (χ2v) is 13.8. The van der Waals surface area contributed by atoms with Gasteiger partial charge >= 0.3 is 0 Å². The largest absolute Gasteiger partial charge is 0.309 e. The highest BCUT2D eigenvalue weighted by Gasteiger charge is 2.16. The van der Waals surface area contributed by atoms with E-state index in [-0.39, 0.29) is 0 Å². The zero-order valence-corrected chi connectivity index (χ0v) is 29.2. The molecule has 0 fully saturated rings. The minimum atomic E-state index is 1.15. The summed E-state index contributed by atoms with van der Waals surface area (Å²) in [6.07, 6.45) is 0. The molecule has 0 saturated carbocycles. The summed E-state index contributed by atoms with van der Waals surface area (Å²) in [6.45, 7) is 0. The Morgan fingerprint density at radius 3 is 1.17 bits per heavy atom. The van der Waals surface area contributed by atoms with Crippen LogP contribution in [0.5, 0.6) is 0 Å². The topological polar surface area (TPSA) is 4.93 Å². The van der Waals surface area contributed by atoms with Crippen molar-refractivity contribution in [3.63, 3.8) is 0 Å². The van der Waals surface area contributed by atoms with Crippen molar-refractivity contribution in [2.45, 2.75) is 0 Å². The van der Waals surface area contributed by atoms with Gasteiger partial charge in [0.25, 0.3) is 0 Å². The van der Waals surface area contributed by atoms with Gasteiger partial charge in [0.2, 0.25) is 0 Å². The van der Waals surface area contributed by atoms with E-state index in [0.717, 1.165) is 5.69 Å². The zero-order chi connectivity index (χ0) is 35.1. The van der Waals surface area contributed by atoms with Crippen molar-refractivity contribution in [2.75, 3.05) is 0 Å². The molecule has 9 aromatic carbocycles. The van der Waals surface area contributed by atoms with Gasteiger partial charge in [-0.25, -0.2) is 0 Å². The predicted octanol–water partition coefficient (Wildman–Crippen LogP) is 14.3. The maximum atomic E-state index is 2.42. The van der Waals surface area contributed by atoms with Gasteiger partial charge in [-0.2, -0.15) is 0 Å². The van der Waals surface area contributed by atoms with Gasteiger partial charge in [-0.3, -0.25) is 0 Å². The fraction of sp³-hybridized carbons (Fsp3) is 0. The molecule has 0 atom stereocenters. The zero-order valence-electron chi connectivity index (χ0n) is 29.2. The number of hydrogen-bond donors (Lipinski definition) is 0. The van der Waals surface area contributed by atoms with E-state index in [9.17, 15) is 0 Å². The predicted molar refractivity (Wildman–Crippen MR) is 225 cm³/mol.